The second-order valence-corrected chi connectivity index (χ2v) is 5.72. The highest BCUT2D eigenvalue weighted by atomic mass is 32.1. The molecular formula is C14H13FN4OS. The van der Waals surface area contributed by atoms with Crippen LogP contribution in [-0.4, -0.2) is 17.1 Å². The van der Waals surface area contributed by atoms with Crippen molar-refractivity contribution in [1.82, 2.24) is 9.97 Å². The smallest absolute Gasteiger partial charge is 0.223 e. The van der Waals surface area contributed by atoms with Gasteiger partial charge in [-0.05, 0) is 25.1 Å². The van der Waals surface area contributed by atoms with Crippen molar-refractivity contribution in [2.24, 2.45) is 0 Å². The topological polar surface area (TPSA) is 73.1 Å². The van der Waals surface area contributed by atoms with E-state index in [0.29, 0.717) is 11.5 Å². The summed E-state index contributed by atoms with van der Waals surface area (Å²) < 4.78 is 18.4. The lowest BCUT2D eigenvalue weighted by Gasteiger charge is -2.09. The van der Waals surface area contributed by atoms with Gasteiger partial charge >= 0.3 is 0 Å². The number of rotatable bonds is 3. The number of nitrogens with two attached hydrogens (primary N) is 1. The number of halogens is 1. The molecule has 0 saturated carbocycles. The molecule has 0 atom stereocenters. The van der Waals surface area contributed by atoms with Gasteiger partial charge in [0.15, 0.2) is 11.6 Å². The number of anilines is 3. The van der Waals surface area contributed by atoms with E-state index in [0.717, 1.165) is 15.1 Å². The first-order chi connectivity index (χ1) is 10.1. The van der Waals surface area contributed by atoms with Gasteiger partial charge in [0.1, 0.15) is 10.6 Å². The number of nitrogen functional groups attached to an aromatic ring is 1. The maximum Gasteiger partial charge on any atom is 0.223 e. The van der Waals surface area contributed by atoms with Crippen LogP contribution in [0, 0.1) is 12.7 Å². The first-order valence-electron chi connectivity index (χ1n) is 6.21. The lowest BCUT2D eigenvalue weighted by molar-refractivity contribution is 0.387. The molecule has 3 N–H and O–H groups in total. The fraction of sp³-hybridized carbons (Fsp3) is 0.143. The highest BCUT2D eigenvalue weighted by Gasteiger charge is 2.11. The van der Waals surface area contributed by atoms with E-state index < -0.39 is 5.82 Å². The number of nitrogens with one attached hydrogen (secondary N) is 1. The number of thiophene rings is 1. The van der Waals surface area contributed by atoms with Crippen LogP contribution in [0.25, 0.3) is 10.2 Å². The second-order valence-electron chi connectivity index (χ2n) is 4.48. The third-order valence-electron chi connectivity index (χ3n) is 2.95. The molecule has 0 aliphatic heterocycles. The van der Waals surface area contributed by atoms with Gasteiger partial charge in [0.2, 0.25) is 5.95 Å². The molecule has 2 aromatic heterocycles. The van der Waals surface area contributed by atoms with Crippen LogP contribution in [0.1, 0.15) is 4.88 Å². The second kappa shape index (κ2) is 5.17. The molecule has 3 rings (SSSR count). The van der Waals surface area contributed by atoms with Crippen molar-refractivity contribution in [1.29, 1.82) is 0 Å². The number of hydrogen-bond donors (Lipinski definition) is 2. The zero-order valence-electron chi connectivity index (χ0n) is 11.5. The average Bonchev–Trinajstić information content (AvgIpc) is 2.81. The SMILES string of the molecule is COc1cc(Nc2nc(N)nc3sc(C)cc23)ccc1F. The van der Waals surface area contributed by atoms with Gasteiger partial charge in [0.25, 0.3) is 0 Å². The lowest BCUT2D eigenvalue weighted by Crippen LogP contribution is -2.00. The van der Waals surface area contributed by atoms with E-state index in [4.69, 9.17) is 10.5 Å². The normalized spacial score (nSPS) is 10.8. The first kappa shape index (κ1) is 13.6. The van der Waals surface area contributed by atoms with Crippen LogP contribution in [0.2, 0.25) is 0 Å². The summed E-state index contributed by atoms with van der Waals surface area (Å²) in [5.74, 6) is 0.540. The van der Waals surface area contributed by atoms with Crippen molar-refractivity contribution in [3.8, 4) is 5.75 Å². The van der Waals surface area contributed by atoms with Gasteiger partial charge in [-0.15, -0.1) is 11.3 Å². The van der Waals surface area contributed by atoms with E-state index >= 15 is 0 Å². The Labute approximate surface area is 124 Å². The van der Waals surface area contributed by atoms with E-state index in [-0.39, 0.29) is 11.7 Å². The van der Waals surface area contributed by atoms with Gasteiger partial charge < -0.3 is 15.8 Å². The monoisotopic (exact) mass is 304 g/mol. The molecule has 0 aliphatic rings. The molecule has 108 valence electrons. The lowest BCUT2D eigenvalue weighted by atomic mass is 10.2. The number of fused-ring (bicyclic) bond motifs is 1. The summed E-state index contributed by atoms with van der Waals surface area (Å²) in [6.07, 6.45) is 0. The summed E-state index contributed by atoms with van der Waals surface area (Å²) in [4.78, 5) is 10.4. The molecule has 3 aromatic rings. The zero-order chi connectivity index (χ0) is 15.0. The molecule has 0 radical (unpaired) electrons. The number of hydrogen-bond acceptors (Lipinski definition) is 6. The molecule has 0 spiro atoms. The minimum atomic E-state index is -0.415. The van der Waals surface area contributed by atoms with Crippen LogP contribution in [0.5, 0.6) is 5.75 Å². The molecule has 0 aliphatic carbocycles. The molecule has 0 fully saturated rings. The summed E-state index contributed by atoms with van der Waals surface area (Å²) in [5, 5.41) is 4.02. The number of aryl methyl sites for hydroxylation is 1. The predicted octanol–water partition coefficient (Wildman–Crippen LogP) is 3.47. The number of ether oxygens (including phenoxy) is 1. The number of aromatic nitrogens is 2. The van der Waals surface area contributed by atoms with Crippen molar-refractivity contribution < 1.29 is 9.13 Å². The summed E-state index contributed by atoms with van der Waals surface area (Å²) >= 11 is 1.55. The Balaban J connectivity index is 2.05. The first-order valence-corrected chi connectivity index (χ1v) is 7.02. The molecule has 5 nitrogen and oxygen atoms in total. The predicted molar refractivity (Wildman–Crippen MR) is 82.8 cm³/mol. The van der Waals surface area contributed by atoms with E-state index in [9.17, 15) is 4.39 Å². The molecule has 0 saturated heterocycles. The average molecular weight is 304 g/mol. The molecule has 0 bridgehead atoms. The van der Waals surface area contributed by atoms with Crippen LogP contribution in [-0.2, 0) is 0 Å². The van der Waals surface area contributed by atoms with E-state index in [1.165, 1.54) is 13.2 Å². The van der Waals surface area contributed by atoms with E-state index in [2.05, 4.69) is 15.3 Å². The summed E-state index contributed by atoms with van der Waals surface area (Å²) in [5.41, 5.74) is 6.39. The van der Waals surface area contributed by atoms with Gasteiger partial charge in [-0.3, -0.25) is 0 Å². The Kier molecular flexibility index (Phi) is 3.34. The summed E-state index contributed by atoms with van der Waals surface area (Å²) in [6, 6.07) is 6.50. The van der Waals surface area contributed by atoms with Gasteiger partial charge in [-0.25, -0.2) is 9.37 Å². The maximum atomic E-state index is 13.4. The Morgan fingerprint density at radius 1 is 1.29 bits per heavy atom. The largest absolute Gasteiger partial charge is 0.494 e. The fourth-order valence-electron chi connectivity index (χ4n) is 2.03. The van der Waals surface area contributed by atoms with Gasteiger partial charge in [0, 0.05) is 16.6 Å². The summed E-state index contributed by atoms with van der Waals surface area (Å²) in [7, 11) is 1.42. The molecule has 21 heavy (non-hydrogen) atoms. The molecule has 1 aromatic carbocycles. The number of methoxy groups -OCH3 is 1. The van der Waals surface area contributed by atoms with Crippen LogP contribution in [0.4, 0.5) is 21.8 Å². The highest BCUT2D eigenvalue weighted by Crippen LogP contribution is 2.31. The van der Waals surface area contributed by atoms with Crippen LogP contribution >= 0.6 is 11.3 Å². The van der Waals surface area contributed by atoms with Crippen molar-refractivity contribution in [2.45, 2.75) is 6.92 Å². The molecule has 7 heteroatoms. The molecule has 0 amide bonds. The zero-order valence-corrected chi connectivity index (χ0v) is 12.3. The number of nitrogens with zero attached hydrogens (tertiary/aromatic N) is 2. The maximum absolute atomic E-state index is 13.4. The summed E-state index contributed by atoms with van der Waals surface area (Å²) in [6.45, 7) is 1.99. The fourth-order valence-corrected chi connectivity index (χ4v) is 2.91. The van der Waals surface area contributed by atoms with Gasteiger partial charge in [0.05, 0.1) is 12.5 Å². The van der Waals surface area contributed by atoms with Gasteiger partial charge in [-0.1, -0.05) is 0 Å². The van der Waals surface area contributed by atoms with Crippen molar-refractivity contribution in [2.75, 3.05) is 18.2 Å². The van der Waals surface area contributed by atoms with E-state index in [1.54, 1.807) is 23.5 Å². The minimum Gasteiger partial charge on any atom is -0.494 e. The van der Waals surface area contributed by atoms with Crippen LogP contribution in [0.3, 0.4) is 0 Å². The van der Waals surface area contributed by atoms with E-state index in [1.807, 2.05) is 13.0 Å². The molecule has 0 unspecified atom stereocenters. The van der Waals surface area contributed by atoms with Crippen molar-refractivity contribution in [3.05, 3.63) is 35.0 Å². The third-order valence-corrected chi connectivity index (χ3v) is 3.89. The quantitative estimate of drug-likeness (QED) is 0.775. The standard InChI is InChI=1S/C14H13FN4OS/c1-7-5-9-12(18-14(16)19-13(9)21-7)17-8-3-4-10(15)11(6-8)20-2/h3-6H,1-2H3,(H3,16,17,18,19). The number of benzene rings is 1. The minimum absolute atomic E-state index is 0.166. The highest BCUT2D eigenvalue weighted by molar-refractivity contribution is 7.18. The molecular weight excluding hydrogens is 291 g/mol. The third kappa shape index (κ3) is 2.59. The van der Waals surface area contributed by atoms with Crippen molar-refractivity contribution in [3.63, 3.8) is 0 Å². The Bertz CT molecular complexity index is 818. The van der Waals surface area contributed by atoms with Crippen molar-refractivity contribution >= 4 is 39.0 Å². The Morgan fingerprint density at radius 3 is 2.86 bits per heavy atom. The Hall–Kier alpha value is -2.41. The van der Waals surface area contributed by atoms with Crippen LogP contribution in [0.15, 0.2) is 24.3 Å². The van der Waals surface area contributed by atoms with Crippen LogP contribution < -0.4 is 15.8 Å². The Morgan fingerprint density at radius 2 is 2.10 bits per heavy atom. The molecule has 2 heterocycles. The van der Waals surface area contributed by atoms with Gasteiger partial charge in [-0.2, -0.15) is 4.98 Å².